The lowest BCUT2D eigenvalue weighted by Crippen LogP contribution is -2.43. The van der Waals surface area contributed by atoms with Gasteiger partial charge in [-0.1, -0.05) is 12.1 Å². The van der Waals surface area contributed by atoms with Crippen molar-refractivity contribution < 1.29 is 9.18 Å². The number of carbonyl (C=O) groups excluding carboxylic acids is 1. The summed E-state index contributed by atoms with van der Waals surface area (Å²) in [7, 11) is 0. The normalized spacial score (nSPS) is 16.7. The van der Waals surface area contributed by atoms with Crippen LogP contribution in [0.15, 0.2) is 24.3 Å². The van der Waals surface area contributed by atoms with Gasteiger partial charge in [0.1, 0.15) is 5.82 Å². The number of nitrogens with one attached hydrogen (secondary N) is 1. The number of hydrogen-bond donors (Lipinski definition) is 1. The Hall–Kier alpha value is -1.93. The van der Waals surface area contributed by atoms with Gasteiger partial charge < -0.3 is 5.32 Å². The van der Waals surface area contributed by atoms with E-state index in [1.807, 2.05) is 6.92 Å². The van der Waals surface area contributed by atoms with Crippen LogP contribution in [0.3, 0.4) is 0 Å². The van der Waals surface area contributed by atoms with E-state index in [-0.39, 0.29) is 17.8 Å². The maximum Gasteiger partial charge on any atom is 0.234 e. The molecule has 1 aliphatic rings. The van der Waals surface area contributed by atoms with Crippen molar-refractivity contribution in [2.24, 2.45) is 5.92 Å². The molecule has 1 fully saturated rings. The standard InChI is InChI=1S/C18H24FN3O/c1-13(15-6-8-17(19)9-7-15)21-18(23)12-22(11-3-10-20)14(2)16-4-5-16/h6-9,13-14,16H,3-5,11-12H2,1-2H3,(H,21,23)/t13-,14+/m0/s1. The van der Waals surface area contributed by atoms with Gasteiger partial charge in [-0.05, 0) is 50.3 Å². The van der Waals surface area contributed by atoms with E-state index in [1.165, 1.54) is 25.0 Å². The first-order chi connectivity index (χ1) is 11.0. The highest BCUT2D eigenvalue weighted by atomic mass is 19.1. The first-order valence-electron chi connectivity index (χ1n) is 8.17. The Morgan fingerprint density at radius 2 is 2.04 bits per heavy atom. The summed E-state index contributed by atoms with van der Waals surface area (Å²) >= 11 is 0. The van der Waals surface area contributed by atoms with E-state index in [9.17, 15) is 9.18 Å². The van der Waals surface area contributed by atoms with Gasteiger partial charge in [0.15, 0.2) is 0 Å². The van der Waals surface area contributed by atoms with Gasteiger partial charge in [-0.3, -0.25) is 9.69 Å². The van der Waals surface area contributed by atoms with E-state index in [2.05, 4.69) is 23.2 Å². The van der Waals surface area contributed by atoms with E-state index < -0.39 is 0 Å². The Labute approximate surface area is 137 Å². The Kier molecular flexibility index (Phi) is 6.12. The summed E-state index contributed by atoms with van der Waals surface area (Å²) in [6, 6.07) is 8.46. The number of amides is 1. The zero-order valence-electron chi connectivity index (χ0n) is 13.8. The minimum absolute atomic E-state index is 0.0627. The fraction of sp³-hybridized carbons (Fsp3) is 0.556. The lowest BCUT2D eigenvalue weighted by molar-refractivity contribution is -0.123. The number of nitriles is 1. The van der Waals surface area contributed by atoms with Gasteiger partial charge in [-0.15, -0.1) is 0 Å². The van der Waals surface area contributed by atoms with Crippen LogP contribution in [-0.2, 0) is 4.79 Å². The van der Waals surface area contributed by atoms with Crippen LogP contribution < -0.4 is 5.32 Å². The molecule has 1 aromatic rings. The quantitative estimate of drug-likeness (QED) is 0.802. The molecule has 0 heterocycles. The second kappa shape index (κ2) is 8.07. The molecule has 0 spiro atoms. The van der Waals surface area contributed by atoms with Crippen LogP contribution in [0.1, 0.15) is 44.7 Å². The van der Waals surface area contributed by atoms with Crippen LogP contribution >= 0.6 is 0 Å². The molecule has 1 aromatic carbocycles. The molecule has 1 N–H and O–H groups in total. The highest BCUT2D eigenvalue weighted by Crippen LogP contribution is 2.35. The van der Waals surface area contributed by atoms with Crippen LogP contribution in [0.4, 0.5) is 4.39 Å². The van der Waals surface area contributed by atoms with Crippen LogP contribution in [0, 0.1) is 23.1 Å². The van der Waals surface area contributed by atoms with Gasteiger partial charge in [-0.25, -0.2) is 4.39 Å². The van der Waals surface area contributed by atoms with Crippen molar-refractivity contribution in [1.82, 2.24) is 10.2 Å². The summed E-state index contributed by atoms with van der Waals surface area (Å²) in [5.74, 6) is 0.302. The lowest BCUT2D eigenvalue weighted by Gasteiger charge is -2.28. The Morgan fingerprint density at radius 1 is 1.39 bits per heavy atom. The van der Waals surface area contributed by atoms with E-state index in [4.69, 9.17) is 5.26 Å². The molecule has 4 nitrogen and oxygen atoms in total. The molecule has 1 aliphatic carbocycles. The summed E-state index contributed by atoms with van der Waals surface area (Å²) in [4.78, 5) is 14.4. The Morgan fingerprint density at radius 3 is 2.61 bits per heavy atom. The molecule has 0 aliphatic heterocycles. The molecule has 2 rings (SSSR count). The van der Waals surface area contributed by atoms with Crippen molar-refractivity contribution in [2.45, 2.75) is 45.2 Å². The number of benzene rings is 1. The van der Waals surface area contributed by atoms with Gasteiger partial charge in [0.05, 0.1) is 18.7 Å². The molecule has 1 amide bonds. The summed E-state index contributed by atoms with van der Waals surface area (Å²) in [6.07, 6.45) is 2.84. The van der Waals surface area contributed by atoms with Crippen molar-refractivity contribution in [3.8, 4) is 6.07 Å². The number of carbonyl (C=O) groups is 1. The maximum atomic E-state index is 13.0. The molecule has 5 heteroatoms. The highest BCUT2D eigenvalue weighted by Gasteiger charge is 2.32. The SMILES string of the molecule is C[C@H](NC(=O)CN(CCC#N)[C@H](C)C1CC1)c1ccc(F)cc1. The van der Waals surface area contributed by atoms with Gasteiger partial charge in [-0.2, -0.15) is 5.26 Å². The van der Waals surface area contributed by atoms with E-state index in [0.29, 0.717) is 31.5 Å². The fourth-order valence-corrected chi connectivity index (χ4v) is 2.80. The monoisotopic (exact) mass is 317 g/mol. The first-order valence-corrected chi connectivity index (χ1v) is 8.17. The third-order valence-electron chi connectivity index (χ3n) is 4.49. The average molecular weight is 317 g/mol. The number of rotatable bonds is 8. The maximum absolute atomic E-state index is 13.0. The van der Waals surface area contributed by atoms with E-state index >= 15 is 0 Å². The molecule has 2 atom stereocenters. The molecule has 0 bridgehead atoms. The van der Waals surface area contributed by atoms with Gasteiger partial charge in [0, 0.05) is 19.0 Å². The van der Waals surface area contributed by atoms with Crippen molar-refractivity contribution in [1.29, 1.82) is 5.26 Å². The van der Waals surface area contributed by atoms with E-state index in [1.54, 1.807) is 12.1 Å². The summed E-state index contributed by atoms with van der Waals surface area (Å²) in [5, 5.41) is 11.7. The van der Waals surface area contributed by atoms with Crippen molar-refractivity contribution >= 4 is 5.91 Å². The first kappa shape index (κ1) is 17.4. The largest absolute Gasteiger partial charge is 0.348 e. The molecule has 0 saturated heterocycles. The zero-order valence-corrected chi connectivity index (χ0v) is 13.8. The van der Waals surface area contributed by atoms with Crippen molar-refractivity contribution in [2.75, 3.05) is 13.1 Å². The third-order valence-corrected chi connectivity index (χ3v) is 4.49. The molecule has 0 aromatic heterocycles. The second-order valence-electron chi connectivity index (χ2n) is 6.30. The van der Waals surface area contributed by atoms with Crippen LogP contribution in [0.2, 0.25) is 0 Å². The lowest BCUT2D eigenvalue weighted by atomic mass is 10.1. The van der Waals surface area contributed by atoms with E-state index in [0.717, 1.165) is 5.56 Å². The molecule has 1 saturated carbocycles. The number of nitrogens with zero attached hydrogens (tertiary/aromatic N) is 2. The fourth-order valence-electron chi connectivity index (χ4n) is 2.80. The van der Waals surface area contributed by atoms with Crippen LogP contribution in [0.25, 0.3) is 0 Å². The van der Waals surface area contributed by atoms with Crippen LogP contribution in [-0.4, -0.2) is 29.9 Å². The average Bonchev–Trinajstić information content (AvgIpc) is 3.36. The molecule has 124 valence electrons. The summed E-state index contributed by atoms with van der Waals surface area (Å²) < 4.78 is 13.0. The second-order valence-corrected chi connectivity index (χ2v) is 6.30. The third kappa shape index (κ3) is 5.33. The van der Waals surface area contributed by atoms with Gasteiger partial charge >= 0.3 is 0 Å². The molecule has 0 unspecified atom stereocenters. The summed E-state index contributed by atoms with van der Waals surface area (Å²) in [5.41, 5.74) is 0.874. The number of hydrogen-bond acceptors (Lipinski definition) is 3. The zero-order chi connectivity index (χ0) is 16.8. The van der Waals surface area contributed by atoms with Crippen molar-refractivity contribution in [3.05, 3.63) is 35.6 Å². The smallest absolute Gasteiger partial charge is 0.234 e. The van der Waals surface area contributed by atoms with Gasteiger partial charge in [0.2, 0.25) is 5.91 Å². The minimum Gasteiger partial charge on any atom is -0.348 e. The van der Waals surface area contributed by atoms with Gasteiger partial charge in [0.25, 0.3) is 0 Å². The van der Waals surface area contributed by atoms with Crippen LogP contribution in [0.5, 0.6) is 0 Å². The highest BCUT2D eigenvalue weighted by molar-refractivity contribution is 5.78. The topological polar surface area (TPSA) is 56.1 Å². The summed E-state index contributed by atoms with van der Waals surface area (Å²) in [6.45, 7) is 4.93. The Balaban J connectivity index is 1.89. The van der Waals surface area contributed by atoms with Crippen molar-refractivity contribution in [3.63, 3.8) is 0 Å². The molecule has 23 heavy (non-hydrogen) atoms. The minimum atomic E-state index is -0.284. The Bertz CT molecular complexity index is 563. The predicted molar refractivity (Wildman–Crippen MR) is 86.9 cm³/mol. The number of halogens is 1. The molecular weight excluding hydrogens is 293 g/mol. The molecule has 0 radical (unpaired) electrons. The predicted octanol–water partition coefficient (Wildman–Crippen LogP) is 3.02. The molecular formula is C18H24FN3O.